The van der Waals surface area contributed by atoms with Crippen LogP contribution in [0.1, 0.15) is 16.8 Å². The number of nitrogens with zero attached hydrogens (tertiary/aromatic N) is 4. The summed E-state index contributed by atoms with van der Waals surface area (Å²) in [6.07, 6.45) is 1.43. The molecular formula is C15H15N5O. The minimum Gasteiger partial charge on any atom is -0.324 e. The SMILES string of the molecule is Cc1ccc(Nc2ncn3c(=O)cc(C)nc3n2)c(C)c1. The van der Waals surface area contributed by atoms with Gasteiger partial charge in [-0.3, -0.25) is 4.79 Å². The molecule has 0 saturated heterocycles. The highest BCUT2D eigenvalue weighted by atomic mass is 16.1. The first-order valence-electron chi connectivity index (χ1n) is 6.60. The van der Waals surface area contributed by atoms with Gasteiger partial charge in [-0.2, -0.15) is 4.98 Å². The number of aryl methyl sites for hydroxylation is 3. The second kappa shape index (κ2) is 4.97. The summed E-state index contributed by atoms with van der Waals surface area (Å²) in [4.78, 5) is 24.5. The normalized spacial score (nSPS) is 10.8. The van der Waals surface area contributed by atoms with E-state index in [2.05, 4.69) is 26.3 Å². The number of rotatable bonds is 2. The van der Waals surface area contributed by atoms with Gasteiger partial charge in [0.25, 0.3) is 5.56 Å². The molecule has 3 aromatic rings. The van der Waals surface area contributed by atoms with E-state index >= 15 is 0 Å². The zero-order valence-electron chi connectivity index (χ0n) is 12.1. The van der Waals surface area contributed by atoms with Gasteiger partial charge in [-0.15, -0.1) is 0 Å². The minimum atomic E-state index is -0.185. The highest BCUT2D eigenvalue weighted by molar-refractivity contribution is 5.59. The Morgan fingerprint density at radius 2 is 1.90 bits per heavy atom. The van der Waals surface area contributed by atoms with Gasteiger partial charge in [-0.1, -0.05) is 17.7 Å². The van der Waals surface area contributed by atoms with Crippen LogP contribution < -0.4 is 10.9 Å². The highest BCUT2D eigenvalue weighted by Crippen LogP contribution is 2.19. The maximum atomic E-state index is 11.8. The third kappa shape index (κ3) is 2.60. The lowest BCUT2D eigenvalue weighted by atomic mass is 10.1. The van der Waals surface area contributed by atoms with Gasteiger partial charge in [0.05, 0.1) is 0 Å². The smallest absolute Gasteiger partial charge is 0.260 e. The summed E-state index contributed by atoms with van der Waals surface area (Å²) in [7, 11) is 0. The molecule has 0 bridgehead atoms. The molecule has 106 valence electrons. The average Bonchev–Trinajstić information content (AvgIpc) is 2.41. The molecule has 6 nitrogen and oxygen atoms in total. The minimum absolute atomic E-state index is 0.185. The Kier molecular flexibility index (Phi) is 3.13. The van der Waals surface area contributed by atoms with Gasteiger partial charge >= 0.3 is 0 Å². The van der Waals surface area contributed by atoms with Gasteiger partial charge in [-0.05, 0) is 32.4 Å². The van der Waals surface area contributed by atoms with Crippen molar-refractivity contribution in [2.24, 2.45) is 0 Å². The Balaban J connectivity index is 2.03. The van der Waals surface area contributed by atoms with Crippen molar-refractivity contribution in [3.05, 3.63) is 57.8 Å². The van der Waals surface area contributed by atoms with E-state index in [1.165, 1.54) is 22.4 Å². The molecule has 2 heterocycles. The van der Waals surface area contributed by atoms with E-state index in [0.717, 1.165) is 11.3 Å². The van der Waals surface area contributed by atoms with E-state index in [1.54, 1.807) is 6.92 Å². The van der Waals surface area contributed by atoms with Crippen molar-refractivity contribution in [3.8, 4) is 0 Å². The summed E-state index contributed by atoms with van der Waals surface area (Å²) in [6.45, 7) is 5.83. The lowest BCUT2D eigenvalue weighted by Gasteiger charge is -2.09. The summed E-state index contributed by atoms with van der Waals surface area (Å²) in [6, 6.07) is 7.53. The van der Waals surface area contributed by atoms with Crippen LogP contribution in [0, 0.1) is 20.8 Å². The third-order valence-electron chi connectivity index (χ3n) is 3.19. The largest absolute Gasteiger partial charge is 0.324 e. The van der Waals surface area contributed by atoms with Gasteiger partial charge in [0.2, 0.25) is 11.7 Å². The van der Waals surface area contributed by atoms with Crippen molar-refractivity contribution >= 4 is 17.4 Å². The Labute approximate surface area is 121 Å². The van der Waals surface area contributed by atoms with E-state index in [4.69, 9.17) is 0 Å². The van der Waals surface area contributed by atoms with Crippen molar-refractivity contribution in [2.45, 2.75) is 20.8 Å². The first-order chi connectivity index (χ1) is 10.0. The number of anilines is 2. The molecule has 0 fully saturated rings. The summed E-state index contributed by atoms with van der Waals surface area (Å²) in [5.41, 5.74) is 3.68. The van der Waals surface area contributed by atoms with Gasteiger partial charge in [0.1, 0.15) is 6.33 Å². The number of fused-ring (bicyclic) bond motifs is 1. The Hall–Kier alpha value is -2.76. The number of aromatic nitrogens is 4. The van der Waals surface area contributed by atoms with Gasteiger partial charge < -0.3 is 5.32 Å². The van der Waals surface area contributed by atoms with Gasteiger partial charge in [0.15, 0.2) is 0 Å². The van der Waals surface area contributed by atoms with Crippen molar-refractivity contribution in [1.29, 1.82) is 0 Å². The number of nitrogens with one attached hydrogen (secondary N) is 1. The summed E-state index contributed by atoms with van der Waals surface area (Å²) in [5.74, 6) is 0.752. The van der Waals surface area contributed by atoms with Crippen LogP contribution in [-0.2, 0) is 0 Å². The van der Waals surface area contributed by atoms with Crippen molar-refractivity contribution < 1.29 is 0 Å². The fraction of sp³-hybridized carbons (Fsp3) is 0.200. The second-order valence-corrected chi connectivity index (χ2v) is 5.03. The van der Waals surface area contributed by atoms with E-state index in [9.17, 15) is 4.79 Å². The maximum Gasteiger partial charge on any atom is 0.260 e. The molecule has 1 aromatic carbocycles. The van der Waals surface area contributed by atoms with Crippen molar-refractivity contribution in [3.63, 3.8) is 0 Å². The van der Waals surface area contributed by atoms with E-state index in [-0.39, 0.29) is 5.56 Å². The van der Waals surface area contributed by atoms with Crippen LogP contribution in [0.3, 0.4) is 0 Å². The molecule has 0 spiro atoms. The van der Waals surface area contributed by atoms with Crippen LogP contribution in [0.4, 0.5) is 11.6 Å². The van der Waals surface area contributed by atoms with Crippen molar-refractivity contribution in [1.82, 2.24) is 19.4 Å². The zero-order valence-corrected chi connectivity index (χ0v) is 12.1. The van der Waals surface area contributed by atoms with Crippen LogP contribution in [0.15, 0.2) is 35.4 Å². The molecular weight excluding hydrogens is 266 g/mol. The van der Waals surface area contributed by atoms with E-state index in [1.807, 2.05) is 26.0 Å². The molecule has 3 rings (SSSR count). The first kappa shape index (κ1) is 13.2. The molecule has 0 radical (unpaired) electrons. The van der Waals surface area contributed by atoms with Crippen LogP contribution in [0.25, 0.3) is 5.78 Å². The molecule has 0 aliphatic rings. The fourth-order valence-electron chi connectivity index (χ4n) is 2.15. The maximum absolute atomic E-state index is 11.8. The monoisotopic (exact) mass is 281 g/mol. The lowest BCUT2D eigenvalue weighted by Crippen LogP contribution is -2.17. The first-order valence-corrected chi connectivity index (χ1v) is 6.60. The van der Waals surface area contributed by atoms with Crippen molar-refractivity contribution in [2.75, 3.05) is 5.32 Å². The van der Waals surface area contributed by atoms with Crippen LogP contribution in [0.2, 0.25) is 0 Å². The lowest BCUT2D eigenvalue weighted by molar-refractivity contribution is 0.926. The van der Waals surface area contributed by atoms with E-state index < -0.39 is 0 Å². The Bertz CT molecular complexity index is 885. The molecule has 1 N–H and O–H groups in total. The van der Waals surface area contributed by atoms with Crippen LogP contribution in [-0.4, -0.2) is 19.4 Å². The summed E-state index contributed by atoms with van der Waals surface area (Å²) < 4.78 is 1.32. The summed E-state index contributed by atoms with van der Waals surface area (Å²) >= 11 is 0. The highest BCUT2D eigenvalue weighted by Gasteiger charge is 2.05. The molecule has 2 aromatic heterocycles. The van der Waals surface area contributed by atoms with Crippen LogP contribution in [0.5, 0.6) is 0 Å². The molecule has 6 heteroatoms. The Morgan fingerprint density at radius 3 is 2.67 bits per heavy atom. The predicted octanol–water partition coefficient (Wildman–Crippen LogP) is 2.15. The van der Waals surface area contributed by atoms with Crippen LogP contribution >= 0.6 is 0 Å². The standard InChI is InChI=1S/C15H15N5O/c1-9-4-5-12(10(2)6-9)18-14-16-8-20-13(21)7-11(3)17-15(20)19-14/h4-8H,1-3H3,(H,17,18,19). The van der Waals surface area contributed by atoms with Gasteiger partial charge in [0, 0.05) is 17.4 Å². The third-order valence-corrected chi connectivity index (χ3v) is 3.19. The van der Waals surface area contributed by atoms with Gasteiger partial charge in [-0.25, -0.2) is 14.4 Å². The number of hydrogen-bond donors (Lipinski definition) is 1. The Morgan fingerprint density at radius 1 is 1.10 bits per heavy atom. The topological polar surface area (TPSA) is 72.2 Å². The molecule has 0 amide bonds. The second-order valence-electron chi connectivity index (χ2n) is 5.03. The molecule has 0 unspecified atom stereocenters. The fourth-order valence-corrected chi connectivity index (χ4v) is 2.15. The van der Waals surface area contributed by atoms with E-state index in [0.29, 0.717) is 17.4 Å². The summed E-state index contributed by atoms with van der Waals surface area (Å²) in [5, 5.41) is 3.15. The molecule has 0 saturated carbocycles. The molecule has 0 aliphatic heterocycles. The molecule has 0 aliphatic carbocycles. The predicted molar refractivity (Wildman–Crippen MR) is 81.0 cm³/mol. The molecule has 0 atom stereocenters. The quantitative estimate of drug-likeness (QED) is 0.779. The average molecular weight is 281 g/mol. The zero-order chi connectivity index (χ0) is 15.0. The molecule has 21 heavy (non-hydrogen) atoms. The number of benzene rings is 1. The number of hydrogen-bond acceptors (Lipinski definition) is 5.